The molecule has 0 saturated carbocycles. The molecule has 0 amide bonds. The summed E-state index contributed by atoms with van der Waals surface area (Å²) in [5.41, 5.74) is 3.25. The zero-order chi connectivity index (χ0) is 22.9. The Bertz CT molecular complexity index is 960. The second kappa shape index (κ2) is 8.92. The third kappa shape index (κ3) is 4.57. The molecule has 174 valence electrons. The Morgan fingerprint density at radius 3 is 2.75 bits per heavy atom. The fraction of sp³-hybridized carbons (Fsp3) is 0.630. The first-order valence-corrected chi connectivity index (χ1v) is 12.3. The molecule has 1 N–H and O–H groups in total. The molecule has 0 spiro atoms. The number of phenolic OH excluding ortho intramolecular Hbond substituents is 1. The largest absolute Gasteiger partial charge is 0.508 e. The Morgan fingerprint density at radius 1 is 1.22 bits per heavy atom. The Hall–Kier alpha value is -2.30. The normalized spacial score (nSPS) is 22.0. The van der Waals surface area contributed by atoms with Crippen molar-refractivity contribution in [3.8, 4) is 11.5 Å². The summed E-state index contributed by atoms with van der Waals surface area (Å²) in [4.78, 5) is 4.07. The quantitative estimate of drug-likeness (QED) is 0.377. The van der Waals surface area contributed by atoms with Crippen LogP contribution in [0.5, 0.6) is 11.5 Å². The van der Waals surface area contributed by atoms with Gasteiger partial charge in [0.05, 0.1) is 6.54 Å². The van der Waals surface area contributed by atoms with Crippen LogP contribution >= 0.6 is 0 Å². The van der Waals surface area contributed by atoms with E-state index in [0.29, 0.717) is 11.7 Å². The van der Waals surface area contributed by atoms with Gasteiger partial charge in [0, 0.05) is 17.4 Å². The number of hydrogen-bond donors (Lipinski definition) is 1. The number of phenols is 1. The molecule has 1 aliphatic carbocycles. The first kappa shape index (κ1) is 22.9. The average Bonchev–Trinajstić information content (AvgIpc) is 3.23. The lowest BCUT2D eigenvalue weighted by molar-refractivity contribution is 0.00704. The number of aromatic hydroxyl groups is 1. The summed E-state index contributed by atoms with van der Waals surface area (Å²) in [6, 6.07) is 4.22. The van der Waals surface area contributed by atoms with E-state index in [1.165, 1.54) is 36.8 Å². The molecule has 2 aromatic rings. The highest BCUT2D eigenvalue weighted by Crippen LogP contribution is 2.55. The van der Waals surface area contributed by atoms with E-state index in [2.05, 4.69) is 56.8 Å². The molecule has 32 heavy (non-hydrogen) atoms. The SMILES string of the molecule is CCCCCCC(C)(C)c1cc(O)c2c(c1)OC(C)(C)C1CC=C(Cn3cncn3)CC21. The minimum Gasteiger partial charge on any atom is -0.508 e. The van der Waals surface area contributed by atoms with Crippen LogP contribution in [0.4, 0.5) is 0 Å². The molecule has 1 aromatic heterocycles. The van der Waals surface area contributed by atoms with Crippen LogP contribution in [0.1, 0.15) is 96.6 Å². The monoisotopic (exact) mass is 437 g/mol. The maximum atomic E-state index is 11.2. The van der Waals surface area contributed by atoms with Gasteiger partial charge < -0.3 is 9.84 Å². The van der Waals surface area contributed by atoms with Gasteiger partial charge in [-0.05, 0) is 56.2 Å². The van der Waals surface area contributed by atoms with Crippen molar-refractivity contribution in [2.45, 2.75) is 103 Å². The highest BCUT2D eigenvalue weighted by molar-refractivity contribution is 5.54. The summed E-state index contributed by atoms with van der Waals surface area (Å²) in [5, 5.41) is 15.5. The number of hydrogen-bond acceptors (Lipinski definition) is 4. The van der Waals surface area contributed by atoms with Crippen molar-refractivity contribution in [3.63, 3.8) is 0 Å². The van der Waals surface area contributed by atoms with E-state index in [1.807, 2.05) is 10.7 Å². The molecule has 5 heteroatoms. The van der Waals surface area contributed by atoms with Crippen LogP contribution < -0.4 is 4.74 Å². The van der Waals surface area contributed by atoms with Crippen LogP contribution in [0.15, 0.2) is 36.4 Å². The Labute approximate surface area is 192 Å². The number of nitrogens with zero attached hydrogens (tertiary/aromatic N) is 3. The summed E-state index contributed by atoms with van der Waals surface area (Å²) < 4.78 is 8.45. The third-order valence-corrected chi connectivity index (χ3v) is 7.65. The van der Waals surface area contributed by atoms with E-state index in [1.54, 1.807) is 12.7 Å². The van der Waals surface area contributed by atoms with Crippen molar-refractivity contribution in [2.75, 3.05) is 0 Å². The van der Waals surface area contributed by atoms with Gasteiger partial charge in [-0.2, -0.15) is 5.10 Å². The Kier molecular flexibility index (Phi) is 6.37. The van der Waals surface area contributed by atoms with E-state index in [9.17, 15) is 5.11 Å². The summed E-state index contributed by atoms with van der Waals surface area (Å²) in [7, 11) is 0. The van der Waals surface area contributed by atoms with E-state index in [0.717, 1.165) is 37.1 Å². The molecular formula is C27H39N3O2. The number of ether oxygens (including phenoxy) is 1. The first-order valence-electron chi connectivity index (χ1n) is 12.3. The molecular weight excluding hydrogens is 398 g/mol. The van der Waals surface area contributed by atoms with Gasteiger partial charge in [0.1, 0.15) is 29.8 Å². The van der Waals surface area contributed by atoms with Crippen LogP contribution in [0.2, 0.25) is 0 Å². The molecule has 0 fully saturated rings. The minimum atomic E-state index is -0.275. The summed E-state index contributed by atoms with van der Waals surface area (Å²) >= 11 is 0. The first-order chi connectivity index (χ1) is 15.2. The Morgan fingerprint density at radius 2 is 2.03 bits per heavy atom. The van der Waals surface area contributed by atoms with Crippen molar-refractivity contribution < 1.29 is 9.84 Å². The lowest BCUT2D eigenvalue weighted by Crippen LogP contribution is -2.45. The molecule has 0 bridgehead atoms. The van der Waals surface area contributed by atoms with Gasteiger partial charge in [-0.15, -0.1) is 0 Å². The fourth-order valence-electron chi connectivity index (χ4n) is 5.65. The van der Waals surface area contributed by atoms with Crippen molar-refractivity contribution >= 4 is 0 Å². The molecule has 4 rings (SSSR count). The number of rotatable bonds is 8. The van der Waals surface area contributed by atoms with Gasteiger partial charge in [0.2, 0.25) is 0 Å². The van der Waals surface area contributed by atoms with Gasteiger partial charge in [0.15, 0.2) is 0 Å². The van der Waals surface area contributed by atoms with Gasteiger partial charge in [-0.1, -0.05) is 58.1 Å². The second-order valence-corrected chi connectivity index (χ2v) is 10.9. The molecule has 2 heterocycles. The number of allylic oxidation sites excluding steroid dienone is 2. The third-order valence-electron chi connectivity index (χ3n) is 7.65. The predicted octanol–water partition coefficient (Wildman–Crippen LogP) is 6.52. The zero-order valence-electron chi connectivity index (χ0n) is 20.4. The summed E-state index contributed by atoms with van der Waals surface area (Å²) in [5.74, 6) is 1.86. The number of unbranched alkanes of at least 4 members (excludes halogenated alkanes) is 3. The number of benzene rings is 1. The number of aromatic nitrogens is 3. The predicted molar refractivity (Wildman–Crippen MR) is 128 cm³/mol. The average molecular weight is 438 g/mol. The smallest absolute Gasteiger partial charge is 0.137 e. The topological polar surface area (TPSA) is 60.2 Å². The minimum absolute atomic E-state index is 0.00925. The maximum absolute atomic E-state index is 11.2. The van der Waals surface area contributed by atoms with E-state index in [-0.39, 0.29) is 16.9 Å². The Balaban J connectivity index is 1.62. The molecule has 2 atom stereocenters. The van der Waals surface area contributed by atoms with Crippen molar-refractivity contribution in [2.24, 2.45) is 5.92 Å². The van der Waals surface area contributed by atoms with E-state index < -0.39 is 0 Å². The van der Waals surface area contributed by atoms with Crippen LogP contribution in [-0.2, 0) is 12.0 Å². The molecule has 0 saturated heterocycles. The molecule has 0 radical (unpaired) electrons. The van der Waals surface area contributed by atoms with Crippen LogP contribution in [0, 0.1) is 5.92 Å². The maximum Gasteiger partial charge on any atom is 0.137 e. The zero-order valence-corrected chi connectivity index (χ0v) is 20.4. The second-order valence-electron chi connectivity index (χ2n) is 10.9. The molecule has 2 aliphatic rings. The lowest BCUT2D eigenvalue weighted by atomic mass is 9.66. The van der Waals surface area contributed by atoms with Gasteiger partial charge in [-0.25, -0.2) is 9.67 Å². The molecule has 2 unspecified atom stereocenters. The summed E-state index contributed by atoms with van der Waals surface area (Å²) in [6.07, 6.45) is 13.7. The van der Waals surface area contributed by atoms with Crippen LogP contribution in [0.25, 0.3) is 0 Å². The van der Waals surface area contributed by atoms with Crippen molar-refractivity contribution in [1.82, 2.24) is 14.8 Å². The highest BCUT2D eigenvalue weighted by atomic mass is 16.5. The molecule has 5 nitrogen and oxygen atoms in total. The van der Waals surface area contributed by atoms with Crippen molar-refractivity contribution in [1.29, 1.82) is 0 Å². The van der Waals surface area contributed by atoms with Crippen LogP contribution in [0.3, 0.4) is 0 Å². The lowest BCUT2D eigenvalue weighted by Gasteiger charge is -2.47. The highest BCUT2D eigenvalue weighted by Gasteiger charge is 2.46. The molecule has 1 aromatic carbocycles. The van der Waals surface area contributed by atoms with Gasteiger partial charge in [-0.3, -0.25) is 0 Å². The van der Waals surface area contributed by atoms with E-state index >= 15 is 0 Å². The van der Waals surface area contributed by atoms with Gasteiger partial charge in [0.25, 0.3) is 0 Å². The standard InChI is InChI=1S/C27H39N3O2/c1-6-7-8-9-12-26(2,3)20-14-23(31)25-21-13-19(16-30-18-28-17-29-30)10-11-22(21)27(4,5)32-24(25)15-20/h10,14-15,17-18,21-22,31H,6-9,11-13,16H2,1-5H3. The fourth-order valence-corrected chi connectivity index (χ4v) is 5.65. The molecule has 1 aliphatic heterocycles. The van der Waals surface area contributed by atoms with E-state index in [4.69, 9.17) is 4.74 Å². The summed E-state index contributed by atoms with van der Waals surface area (Å²) in [6.45, 7) is 12.0. The van der Waals surface area contributed by atoms with Crippen molar-refractivity contribution in [3.05, 3.63) is 47.6 Å². The van der Waals surface area contributed by atoms with Gasteiger partial charge >= 0.3 is 0 Å². The number of fused-ring (bicyclic) bond motifs is 3. The van der Waals surface area contributed by atoms with Crippen LogP contribution in [-0.4, -0.2) is 25.5 Å².